The van der Waals surface area contributed by atoms with E-state index in [0.717, 1.165) is 48.0 Å². The Hall–Kier alpha value is -2.20. The summed E-state index contributed by atoms with van der Waals surface area (Å²) in [5.41, 5.74) is 3.35. The van der Waals surface area contributed by atoms with E-state index in [2.05, 4.69) is 40.7 Å². The predicted molar refractivity (Wildman–Crippen MR) is 142 cm³/mol. The van der Waals surface area contributed by atoms with Gasteiger partial charge >= 0.3 is 0 Å². The lowest BCUT2D eigenvalue weighted by molar-refractivity contribution is 0.166. The number of ether oxygens (including phenoxy) is 4. The van der Waals surface area contributed by atoms with Gasteiger partial charge in [0.25, 0.3) is 0 Å². The molecule has 1 saturated heterocycles. The molecule has 1 fully saturated rings. The second kappa shape index (κ2) is 14.1. The molecule has 1 unspecified atom stereocenters. The molecule has 2 aromatic carbocycles. The SMILES string of the molecule is CCOc1ccc(CNC(=NC)NCc2ccc(C)cc2OCC2CCOC2)cc1OC.I. The van der Waals surface area contributed by atoms with E-state index in [-0.39, 0.29) is 24.0 Å². The van der Waals surface area contributed by atoms with Crippen LogP contribution in [0.3, 0.4) is 0 Å². The highest BCUT2D eigenvalue weighted by atomic mass is 127. The lowest BCUT2D eigenvalue weighted by Gasteiger charge is -2.17. The molecule has 0 aromatic heterocycles. The topological polar surface area (TPSA) is 73.3 Å². The highest BCUT2D eigenvalue weighted by Crippen LogP contribution is 2.28. The van der Waals surface area contributed by atoms with Gasteiger partial charge in [-0.2, -0.15) is 0 Å². The van der Waals surface area contributed by atoms with Crippen LogP contribution in [0.5, 0.6) is 17.2 Å². The minimum absolute atomic E-state index is 0. The Kier molecular flexibility index (Phi) is 11.6. The number of rotatable bonds is 10. The van der Waals surface area contributed by atoms with Crippen LogP contribution in [0, 0.1) is 12.8 Å². The van der Waals surface area contributed by atoms with Crippen molar-refractivity contribution in [3.05, 3.63) is 53.1 Å². The van der Waals surface area contributed by atoms with Crippen molar-refractivity contribution in [1.29, 1.82) is 0 Å². The van der Waals surface area contributed by atoms with Gasteiger partial charge in [0.05, 0.1) is 26.9 Å². The third-order valence-corrected chi connectivity index (χ3v) is 5.38. The maximum absolute atomic E-state index is 6.15. The molecular weight excluding hydrogens is 533 g/mol. The quantitative estimate of drug-likeness (QED) is 0.253. The second-order valence-corrected chi connectivity index (χ2v) is 7.85. The van der Waals surface area contributed by atoms with Gasteiger partial charge in [0.2, 0.25) is 0 Å². The normalized spacial score (nSPS) is 15.5. The van der Waals surface area contributed by atoms with Crippen LogP contribution in [0.1, 0.15) is 30.0 Å². The molecule has 1 aliphatic rings. The summed E-state index contributed by atoms with van der Waals surface area (Å²) in [4.78, 5) is 4.35. The molecule has 2 N–H and O–H groups in total. The maximum Gasteiger partial charge on any atom is 0.191 e. The molecule has 0 radical (unpaired) electrons. The third kappa shape index (κ3) is 8.26. The summed E-state index contributed by atoms with van der Waals surface area (Å²) in [7, 11) is 3.41. The van der Waals surface area contributed by atoms with Crippen LogP contribution in [0.4, 0.5) is 0 Å². The molecule has 182 valence electrons. The summed E-state index contributed by atoms with van der Waals surface area (Å²) < 4.78 is 22.6. The Bertz CT molecular complexity index is 901. The smallest absolute Gasteiger partial charge is 0.191 e. The van der Waals surface area contributed by atoms with Gasteiger partial charge in [0, 0.05) is 38.2 Å². The van der Waals surface area contributed by atoms with E-state index >= 15 is 0 Å². The molecule has 1 atom stereocenters. The van der Waals surface area contributed by atoms with Gasteiger partial charge < -0.3 is 29.6 Å². The van der Waals surface area contributed by atoms with Crippen LogP contribution in [-0.4, -0.2) is 46.5 Å². The first-order chi connectivity index (χ1) is 15.6. The standard InChI is InChI=1S/C25H35N3O4.HI/c1-5-31-22-9-7-19(13-24(22)29-4)14-27-25(26-3)28-15-21-8-6-18(2)12-23(21)32-17-20-10-11-30-16-20;/h6-9,12-13,20H,5,10-11,14-17H2,1-4H3,(H2,26,27,28);1H. The van der Waals surface area contributed by atoms with E-state index in [1.807, 2.05) is 25.1 Å². The average Bonchev–Trinajstić information content (AvgIpc) is 3.33. The summed E-state index contributed by atoms with van der Waals surface area (Å²) in [6, 6.07) is 12.2. The number of guanidine groups is 1. The van der Waals surface area contributed by atoms with Gasteiger partial charge in [0.1, 0.15) is 5.75 Å². The van der Waals surface area contributed by atoms with E-state index in [4.69, 9.17) is 18.9 Å². The van der Waals surface area contributed by atoms with Crippen molar-refractivity contribution in [2.75, 3.05) is 40.6 Å². The number of nitrogens with zero attached hydrogens (tertiary/aromatic N) is 1. The molecule has 7 nitrogen and oxygen atoms in total. The Balaban J connectivity index is 0.00000385. The number of hydrogen-bond acceptors (Lipinski definition) is 5. The van der Waals surface area contributed by atoms with Crippen molar-refractivity contribution in [2.24, 2.45) is 10.9 Å². The van der Waals surface area contributed by atoms with E-state index in [1.165, 1.54) is 5.56 Å². The number of benzene rings is 2. The van der Waals surface area contributed by atoms with Crippen molar-refractivity contribution in [3.63, 3.8) is 0 Å². The first kappa shape index (κ1) is 27.0. The van der Waals surface area contributed by atoms with Crippen LogP contribution < -0.4 is 24.8 Å². The van der Waals surface area contributed by atoms with Crippen molar-refractivity contribution < 1.29 is 18.9 Å². The number of hydrogen-bond donors (Lipinski definition) is 2. The van der Waals surface area contributed by atoms with Gasteiger partial charge in [-0.1, -0.05) is 18.2 Å². The zero-order chi connectivity index (χ0) is 22.8. The lowest BCUT2D eigenvalue weighted by Crippen LogP contribution is -2.36. The molecule has 1 aliphatic heterocycles. The summed E-state index contributed by atoms with van der Waals surface area (Å²) in [6.07, 6.45) is 1.06. The first-order valence-corrected chi connectivity index (χ1v) is 11.2. The Morgan fingerprint density at radius 3 is 2.58 bits per heavy atom. The fraction of sp³-hybridized carbons (Fsp3) is 0.480. The number of methoxy groups -OCH3 is 1. The molecule has 2 aromatic rings. The van der Waals surface area contributed by atoms with Crippen LogP contribution >= 0.6 is 24.0 Å². The lowest BCUT2D eigenvalue weighted by atomic mass is 10.1. The zero-order valence-corrected chi connectivity index (χ0v) is 22.3. The summed E-state index contributed by atoms with van der Waals surface area (Å²) in [5, 5.41) is 6.73. The zero-order valence-electron chi connectivity index (χ0n) is 20.0. The molecule has 0 bridgehead atoms. The maximum atomic E-state index is 6.15. The van der Waals surface area contributed by atoms with E-state index in [1.54, 1.807) is 14.2 Å². The van der Waals surface area contributed by atoms with Gasteiger partial charge in [-0.15, -0.1) is 24.0 Å². The van der Waals surface area contributed by atoms with Crippen molar-refractivity contribution in [1.82, 2.24) is 10.6 Å². The highest BCUT2D eigenvalue weighted by molar-refractivity contribution is 14.0. The third-order valence-electron chi connectivity index (χ3n) is 5.38. The van der Waals surface area contributed by atoms with E-state index in [0.29, 0.717) is 38.2 Å². The Morgan fingerprint density at radius 2 is 1.88 bits per heavy atom. The molecule has 0 amide bonds. The number of aryl methyl sites for hydroxylation is 1. The fourth-order valence-electron chi connectivity index (χ4n) is 3.55. The number of halogens is 1. The van der Waals surface area contributed by atoms with Gasteiger partial charge in [-0.25, -0.2) is 0 Å². The largest absolute Gasteiger partial charge is 0.493 e. The summed E-state index contributed by atoms with van der Waals surface area (Å²) in [6.45, 7) is 8.16. The first-order valence-electron chi connectivity index (χ1n) is 11.2. The van der Waals surface area contributed by atoms with Gasteiger partial charge in [0.15, 0.2) is 17.5 Å². The minimum Gasteiger partial charge on any atom is -0.493 e. The van der Waals surface area contributed by atoms with E-state index in [9.17, 15) is 0 Å². The molecule has 33 heavy (non-hydrogen) atoms. The second-order valence-electron chi connectivity index (χ2n) is 7.85. The fourth-order valence-corrected chi connectivity index (χ4v) is 3.55. The van der Waals surface area contributed by atoms with Crippen molar-refractivity contribution in [2.45, 2.75) is 33.4 Å². The van der Waals surface area contributed by atoms with Crippen LogP contribution in [0.25, 0.3) is 0 Å². The monoisotopic (exact) mass is 569 g/mol. The number of nitrogens with one attached hydrogen (secondary N) is 2. The number of aliphatic imine (C=N–C) groups is 1. The predicted octanol–water partition coefficient (Wildman–Crippen LogP) is 4.30. The van der Waals surface area contributed by atoms with Crippen molar-refractivity contribution >= 4 is 29.9 Å². The molecule has 0 saturated carbocycles. The van der Waals surface area contributed by atoms with Crippen LogP contribution in [0.2, 0.25) is 0 Å². The van der Waals surface area contributed by atoms with Crippen LogP contribution in [-0.2, 0) is 17.8 Å². The van der Waals surface area contributed by atoms with Gasteiger partial charge in [-0.05, 0) is 49.6 Å². The molecule has 0 aliphatic carbocycles. The molecule has 3 rings (SSSR count). The van der Waals surface area contributed by atoms with Gasteiger partial charge in [-0.3, -0.25) is 4.99 Å². The molecule has 1 heterocycles. The van der Waals surface area contributed by atoms with Crippen LogP contribution in [0.15, 0.2) is 41.4 Å². The van der Waals surface area contributed by atoms with E-state index < -0.39 is 0 Å². The molecule has 8 heteroatoms. The average molecular weight is 569 g/mol. The molecular formula is C25H36IN3O4. The Morgan fingerprint density at radius 1 is 1.06 bits per heavy atom. The molecule has 0 spiro atoms. The summed E-state index contributed by atoms with van der Waals surface area (Å²) in [5.74, 6) is 3.57. The Labute approximate surface area is 214 Å². The van der Waals surface area contributed by atoms with Crippen molar-refractivity contribution in [3.8, 4) is 17.2 Å². The minimum atomic E-state index is 0. The highest BCUT2D eigenvalue weighted by Gasteiger charge is 2.17. The summed E-state index contributed by atoms with van der Waals surface area (Å²) >= 11 is 0.